The number of halogens is 2. The standard InChI is InChI=1S/C16H22ClFN2O/c1-5-21-9-15(10(2)3)20-14-7-6-12(18)8-13(14)19-16(20)11(4)17/h6-8,10-11,15H,5,9H2,1-4H3. The van der Waals surface area contributed by atoms with Gasteiger partial charge in [0.05, 0.1) is 29.1 Å². The Kier molecular flexibility index (Phi) is 5.22. The van der Waals surface area contributed by atoms with Gasteiger partial charge in [0.1, 0.15) is 11.6 Å². The van der Waals surface area contributed by atoms with Crippen LogP contribution in [-0.2, 0) is 4.74 Å². The maximum absolute atomic E-state index is 13.4. The molecule has 0 bridgehead atoms. The Morgan fingerprint density at radius 2 is 2.05 bits per heavy atom. The second-order valence-corrected chi connectivity index (χ2v) is 6.21. The van der Waals surface area contributed by atoms with Crippen molar-refractivity contribution >= 4 is 22.6 Å². The number of alkyl halides is 1. The summed E-state index contributed by atoms with van der Waals surface area (Å²) in [5.41, 5.74) is 1.54. The minimum absolute atomic E-state index is 0.122. The van der Waals surface area contributed by atoms with Gasteiger partial charge in [-0.15, -0.1) is 11.6 Å². The Morgan fingerprint density at radius 3 is 2.62 bits per heavy atom. The first-order valence-electron chi connectivity index (χ1n) is 7.34. The summed E-state index contributed by atoms with van der Waals surface area (Å²) in [4.78, 5) is 4.52. The molecule has 2 aromatic rings. The molecule has 1 aromatic heterocycles. The Morgan fingerprint density at radius 1 is 1.33 bits per heavy atom. The molecule has 116 valence electrons. The predicted molar refractivity (Wildman–Crippen MR) is 84.3 cm³/mol. The van der Waals surface area contributed by atoms with E-state index >= 15 is 0 Å². The van der Waals surface area contributed by atoms with E-state index in [1.54, 1.807) is 6.07 Å². The number of nitrogens with zero attached hydrogens (tertiary/aromatic N) is 2. The molecule has 0 N–H and O–H groups in total. The van der Waals surface area contributed by atoms with Crippen LogP contribution in [0.5, 0.6) is 0 Å². The van der Waals surface area contributed by atoms with Gasteiger partial charge in [-0.25, -0.2) is 9.37 Å². The molecular weight excluding hydrogens is 291 g/mol. The van der Waals surface area contributed by atoms with Gasteiger partial charge in [0.25, 0.3) is 0 Å². The van der Waals surface area contributed by atoms with Gasteiger partial charge in [0.2, 0.25) is 0 Å². The minimum Gasteiger partial charge on any atom is -0.380 e. The van der Waals surface area contributed by atoms with Crippen LogP contribution in [0.25, 0.3) is 11.0 Å². The molecule has 0 saturated heterocycles. The van der Waals surface area contributed by atoms with Gasteiger partial charge in [-0.1, -0.05) is 13.8 Å². The van der Waals surface area contributed by atoms with Gasteiger partial charge in [0.15, 0.2) is 0 Å². The Hall–Kier alpha value is -1.13. The van der Waals surface area contributed by atoms with Crippen molar-refractivity contribution in [2.75, 3.05) is 13.2 Å². The summed E-state index contributed by atoms with van der Waals surface area (Å²) in [6.07, 6.45) is 0. The number of aromatic nitrogens is 2. The fourth-order valence-electron chi connectivity index (χ4n) is 2.52. The minimum atomic E-state index is -0.285. The molecule has 0 saturated carbocycles. The lowest BCUT2D eigenvalue weighted by atomic mass is 10.0. The monoisotopic (exact) mass is 312 g/mol. The largest absolute Gasteiger partial charge is 0.380 e. The highest BCUT2D eigenvalue weighted by Crippen LogP contribution is 2.31. The predicted octanol–water partition coefficient (Wildman–Crippen LogP) is 4.71. The number of hydrogen-bond acceptors (Lipinski definition) is 2. The van der Waals surface area contributed by atoms with Crippen LogP contribution in [0.1, 0.15) is 44.9 Å². The first-order valence-corrected chi connectivity index (χ1v) is 7.78. The first-order chi connectivity index (χ1) is 9.95. The van der Waals surface area contributed by atoms with E-state index in [1.165, 1.54) is 12.1 Å². The molecule has 2 atom stereocenters. The van der Waals surface area contributed by atoms with E-state index in [2.05, 4.69) is 23.4 Å². The number of imidazole rings is 1. The molecule has 2 rings (SSSR count). The van der Waals surface area contributed by atoms with E-state index in [0.717, 1.165) is 11.3 Å². The van der Waals surface area contributed by atoms with Gasteiger partial charge in [-0.05, 0) is 31.9 Å². The van der Waals surface area contributed by atoms with Crippen LogP contribution in [0.2, 0.25) is 0 Å². The van der Waals surface area contributed by atoms with Gasteiger partial charge in [0, 0.05) is 12.7 Å². The van der Waals surface area contributed by atoms with Crippen molar-refractivity contribution in [1.29, 1.82) is 0 Å². The number of rotatable bonds is 6. The molecule has 0 amide bonds. The lowest BCUT2D eigenvalue weighted by molar-refractivity contribution is 0.0968. The van der Waals surface area contributed by atoms with E-state index in [0.29, 0.717) is 24.6 Å². The van der Waals surface area contributed by atoms with Gasteiger partial charge >= 0.3 is 0 Å². The average molecular weight is 313 g/mol. The zero-order chi connectivity index (χ0) is 15.6. The molecule has 1 heterocycles. The van der Waals surface area contributed by atoms with Gasteiger partial charge in [-0.2, -0.15) is 0 Å². The second kappa shape index (κ2) is 6.75. The summed E-state index contributed by atoms with van der Waals surface area (Å²) in [5, 5.41) is -0.247. The van der Waals surface area contributed by atoms with Crippen molar-refractivity contribution < 1.29 is 9.13 Å². The van der Waals surface area contributed by atoms with Crippen molar-refractivity contribution in [1.82, 2.24) is 9.55 Å². The second-order valence-electron chi connectivity index (χ2n) is 5.56. The number of ether oxygens (including phenoxy) is 1. The summed E-state index contributed by atoms with van der Waals surface area (Å²) in [7, 11) is 0. The van der Waals surface area contributed by atoms with Crippen molar-refractivity contribution in [2.45, 2.75) is 39.1 Å². The smallest absolute Gasteiger partial charge is 0.128 e. The number of hydrogen-bond donors (Lipinski definition) is 0. The SMILES string of the molecule is CCOCC(C(C)C)n1c(C(C)Cl)nc2cc(F)ccc21. The van der Waals surface area contributed by atoms with Gasteiger partial charge < -0.3 is 9.30 Å². The van der Waals surface area contributed by atoms with Crippen LogP contribution in [0.4, 0.5) is 4.39 Å². The molecule has 1 aromatic carbocycles. The Labute approximate surface area is 130 Å². The highest BCUT2D eigenvalue weighted by Gasteiger charge is 2.24. The topological polar surface area (TPSA) is 27.1 Å². The molecule has 0 fully saturated rings. The molecular formula is C16H22ClFN2O. The summed E-state index contributed by atoms with van der Waals surface area (Å²) in [5.74, 6) is 0.829. The summed E-state index contributed by atoms with van der Waals surface area (Å²) >= 11 is 6.28. The first kappa shape index (κ1) is 16.2. The molecule has 5 heteroatoms. The van der Waals surface area contributed by atoms with Crippen LogP contribution in [0, 0.1) is 11.7 Å². The van der Waals surface area contributed by atoms with E-state index < -0.39 is 0 Å². The average Bonchev–Trinajstić information content (AvgIpc) is 2.77. The molecule has 0 aliphatic carbocycles. The van der Waals surface area contributed by atoms with E-state index in [9.17, 15) is 4.39 Å². The molecule has 0 aliphatic rings. The third-order valence-electron chi connectivity index (χ3n) is 3.63. The Balaban J connectivity index is 2.59. The molecule has 2 unspecified atom stereocenters. The summed E-state index contributed by atoms with van der Waals surface area (Å²) in [6.45, 7) is 9.39. The normalized spacial score (nSPS) is 14.8. The lowest BCUT2D eigenvalue weighted by Crippen LogP contribution is -2.23. The fraction of sp³-hybridized carbons (Fsp3) is 0.562. The van der Waals surface area contributed by atoms with Crippen LogP contribution >= 0.6 is 11.6 Å². The van der Waals surface area contributed by atoms with Crippen LogP contribution in [-0.4, -0.2) is 22.8 Å². The van der Waals surface area contributed by atoms with Crippen molar-refractivity contribution in [3.8, 4) is 0 Å². The van der Waals surface area contributed by atoms with Crippen molar-refractivity contribution in [2.24, 2.45) is 5.92 Å². The summed E-state index contributed by atoms with van der Waals surface area (Å²) < 4.78 is 21.2. The zero-order valence-corrected chi connectivity index (χ0v) is 13.7. The zero-order valence-electron chi connectivity index (χ0n) is 12.9. The van der Waals surface area contributed by atoms with Crippen LogP contribution in [0.15, 0.2) is 18.2 Å². The van der Waals surface area contributed by atoms with Crippen LogP contribution < -0.4 is 0 Å². The maximum atomic E-state index is 13.4. The quantitative estimate of drug-likeness (QED) is 0.722. The third-order valence-corrected chi connectivity index (χ3v) is 3.82. The fourth-order valence-corrected chi connectivity index (χ4v) is 2.68. The number of fused-ring (bicyclic) bond motifs is 1. The van der Waals surface area contributed by atoms with Crippen molar-refractivity contribution in [3.63, 3.8) is 0 Å². The van der Waals surface area contributed by atoms with E-state index in [-0.39, 0.29) is 17.2 Å². The lowest BCUT2D eigenvalue weighted by Gasteiger charge is -2.25. The summed E-state index contributed by atoms with van der Waals surface area (Å²) in [6, 6.07) is 4.80. The van der Waals surface area contributed by atoms with E-state index in [1.807, 2.05) is 13.8 Å². The highest BCUT2D eigenvalue weighted by molar-refractivity contribution is 6.20. The maximum Gasteiger partial charge on any atom is 0.128 e. The molecule has 0 aliphatic heterocycles. The molecule has 0 spiro atoms. The van der Waals surface area contributed by atoms with Crippen LogP contribution in [0.3, 0.4) is 0 Å². The Bertz CT molecular complexity index is 610. The molecule has 3 nitrogen and oxygen atoms in total. The van der Waals surface area contributed by atoms with Crippen molar-refractivity contribution in [3.05, 3.63) is 29.8 Å². The number of benzene rings is 1. The van der Waals surface area contributed by atoms with E-state index in [4.69, 9.17) is 16.3 Å². The van der Waals surface area contributed by atoms with Gasteiger partial charge in [-0.3, -0.25) is 0 Å². The molecule has 21 heavy (non-hydrogen) atoms. The highest BCUT2D eigenvalue weighted by atomic mass is 35.5. The third kappa shape index (κ3) is 3.38. The molecule has 0 radical (unpaired) electrons.